The Balaban J connectivity index is 1.64. The molecule has 32 heavy (non-hydrogen) atoms. The van der Waals surface area contributed by atoms with Gasteiger partial charge in [0.05, 0.1) is 6.07 Å². The van der Waals surface area contributed by atoms with E-state index < -0.39 is 11.9 Å². The van der Waals surface area contributed by atoms with Gasteiger partial charge in [0.1, 0.15) is 24.1 Å². The minimum atomic E-state index is -0.775. The molecule has 0 fully saturated rings. The molecule has 0 heterocycles. The molecule has 162 valence electrons. The Bertz CT molecular complexity index is 1070. The number of thioether (sulfide) groups is 1. The van der Waals surface area contributed by atoms with Crippen LogP contribution in [-0.2, 0) is 10.5 Å². The van der Waals surface area contributed by atoms with Crippen molar-refractivity contribution in [3.8, 4) is 17.6 Å². The van der Waals surface area contributed by atoms with Crippen molar-refractivity contribution in [2.45, 2.75) is 11.8 Å². The maximum absolute atomic E-state index is 12.9. The number of amides is 2. The number of rotatable bonds is 10. The minimum absolute atomic E-state index is 0.116. The average molecular weight is 446 g/mol. The Labute approximate surface area is 191 Å². The molecule has 0 bridgehead atoms. The molecule has 0 aliphatic rings. The standard InChI is InChI=1S/C25H23N3O3S/c26-14-15-27-25(30)23(18-32-17-19-8-3-1-4-9-19)28-24(29)20-10-7-13-22(16-20)31-21-11-5-2-6-12-21/h1-13,16,23H,15,17-18H2,(H,27,30)(H,28,29)/t23-/m0/s1. The van der Waals surface area contributed by atoms with Gasteiger partial charge in [-0.15, -0.1) is 0 Å². The van der Waals surface area contributed by atoms with Crippen LogP contribution in [0.15, 0.2) is 84.9 Å². The zero-order valence-electron chi connectivity index (χ0n) is 17.4. The predicted molar refractivity (Wildman–Crippen MR) is 125 cm³/mol. The lowest BCUT2D eigenvalue weighted by atomic mass is 10.2. The number of nitrogens with one attached hydrogen (secondary N) is 2. The van der Waals surface area contributed by atoms with Crippen LogP contribution >= 0.6 is 11.8 Å². The van der Waals surface area contributed by atoms with Gasteiger partial charge in [0.15, 0.2) is 0 Å². The summed E-state index contributed by atoms with van der Waals surface area (Å²) in [6, 6.07) is 27.0. The van der Waals surface area contributed by atoms with Gasteiger partial charge in [-0.3, -0.25) is 9.59 Å². The Morgan fingerprint density at radius 3 is 2.34 bits per heavy atom. The van der Waals surface area contributed by atoms with Crippen LogP contribution in [-0.4, -0.2) is 30.2 Å². The molecule has 0 saturated carbocycles. The fourth-order valence-electron chi connectivity index (χ4n) is 2.87. The topological polar surface area (TPSA) is 91.2 Å². The summed E-state index contributed by atoms with van der Waals surface area (Å²) in [4.78, 5) is 25.4. The molecular formula is C25H23N3O3S. The minimum Gasteiger partial charge on any atom is -0.457 e. The first-order valence-electron chi connectivity index (χ1n) is 10.1. The molecule has 7 heteroatoms. The van der Waals surface area contributed by atoms with Crippen LogP contribution in [0.4, 0.5) is 0 Å². The first-order valence-corrected chi connectivity index (χ1v) is 11.2. The van der Waals surface area contributed by atoms with Gasteiger partial charge >= 0.3 is 0 Å². The predicted octanol–water partition coefficient (Wildman–Crippen LogP) is 4.15. The van der Waals surface area contributed by atoms with E-state index in [1.807, 2.05) is 66.7 Å². The molecular weight excluding hydrogens is 422 g/mol. The van der Waals surface area contributed by atoms with Crippen molar-refractivity contribution in [1.82, 2.24) is 10.6 Å². The van der Waals surface area contributed by atoms with Crippen molar-refractivity contribution in [3.05, 3.63) is 96.1 Å². The third kappa shape index (κ3) is 7.18. The molecule has 6 nitrogen and oxygen atoms in total. The highest BCUT2D eigenvalue weighted by atomic mass is 32.2. The smallest absolute Gasteiger partial charge is 0.252 e. The summed E-state index contributed by atoms with van der Waals surface area (Å²) in [5.41, 5.74) is 1.51. The number of hydrogen-bond donors (Lipinski definition) is 2. The highest BCUT2D eigenvalue weighted by molar-refractivity contribution is 7.98. The number of hydrogen-bond acceptors (Lipinski definition) is 5. The summed E-state index contributed by atoms with van der Waals surface area (Å²) in [6.45, 7) is -0.116. The van der Waals surface area contributed by atoms with E-state index in [0.717, 1.165) is 5.56 Å². The molecule has 1 atom stereocenters. The number of nitrogens with zero attached hydrogens (tertiary/aromatic N) is 1. The first kappa shape index (κ1) is 22.9. The number of carbonyl (C=O) groups excluding carboxylic acids is 2. The maximum atomic E-state index is 12.9. The van der Waals surface area contributed by atoms with Crippen LogP contribution in [0.25, 0.3) is 0 Å². The van der Waals surface area contributed by atoms with Crippen LogP contribution in [0.1, 0.15) is 15.9 Å². The Kier molecular flexibility index (Phi) is 8.72. The largest absolute Gasteiger partial charge is 0.457 e. The third-order valence-corrected chi connectivity index (χ3v) is 5.54. The molecule has 2 amide bonds. The van der Waals surface area contributed by atoms with Gasteiger partial charge in [0, 0.05) is 17.1 Å². The van der Waals surface area contributed by atoms with Crippen molar-refractivity contribution in [2.75, 3.05) is 12.3 Å². The highest BCUT2D eigenvalue weighted by Gasteiger charge is 2.21. The van der Waals surface area contributed by atoms with Gasteiger partial charge < -0.3 is 15.4 Å². The van der Waals surface area contributed by atoms with Crippen molar-refractivity contribution < 1.29 is 14.3 Å². The fraction of sp³-hybridized carbons (Fsp3) is 0.160. The van der Waals surface area contributed by atoms with Crippen LogP contribution < -0.4 is 15.4 Å². The second-order valence-electron chi connectivity index (χ2n) is 6.85. The van der Waals surface area contributed by atoms with E-state index in [9.17, 15) is 9.59 Å². The second kappa shape index (κ2) is 12.2. The molecule has 0 saturated heterocycles. The molecule has 0 spiro atoms. The molecule has 0 radical (unpaired) electrons. The number of nitriles is 1. The summed E-state index contributed by atoms with van der Waals surface area (Å²) in [5.74, 6) is 1.49. The third-order valence-electron chi connectivity index (χ3n) is 4.43. The molecule has 3 aromatic rings. The van der Waals surface area contributed by atoms with Crippen molar-refractivity contribution >= 4 is 23.6 Å². The Morgan fingerprint density at radius 1 is 0.938 bits per heavy atom. The molecule has 0 aliphatic carbocycles. The van der Waals surface area contributed by atoms with Gasteiger partial charge in [0.25, 0.3) is 5.91 Å². The number of ether oxygens (including phenoxy) is 1. The van der Waals surface area contributed by atoms with Crippen LogP contribution in [0.2, 0.25) is 0 Å². The highest BCUT2D eigenvalue weighted by Crippen LogP contribution is 2.22. The SMILES string of the molecule is N#CCNC(=O)[C@H](CSCc1ccccc1)NC(=O)c1cccc(Oc2ccccc2)c1. The van der Waals surface area contributed by atoms with Crippen LogP contribution in [0.5, 0.6) is 11.5 Å². The van der Waals surface area contributed by atoms with Gasteiger partial charge in [-0.1, -0.05) is 54.6 Å². The molecule has 3 aromatic carbocycles. The van der Waals surface area contributed by atoms with Gasteiger partial charge in [-0.05, 0) is 35.9 Å². The van der Waals surface area contributed by atoms with E-state index in [-0.39, 0.29) is 12.5 Å². The molecule has 0 aliphatic heterocycles. The quantitative estimate of drug-likeness (QED) is 0.458. The van der Waals surface area contributed by atoms with E-state index in [2.05, 4.69) is 10.6 Å². The lowest BCUT2D eigenvalue weighted by molar-refractivity contribution is -0.122. The van der Waals surface area contributed by atoms with E-state index in [0.29, 0.717) is 28.6 Å². The Morgan fingerprint density at radius 2 is 1.62 bits per heavy atom. The monoisotopic (exact) mass is 445 g/mol. The van der Waals surface area contributed by atoms with E-state index >= 15 is 0 Å². The average Bonchev–Trinajstić information content (AvgIpc) is 2.83. The first-order chi connectivity index (χ1) is 15.7. The van der Waals surface area contributed by atoms with Gasteiger partial charge in [0.2, 0.25) is 5.91 Å². The summed E-state index contributed by atoms with van der Waals surface area (Å²) in [6.07, 6.45) is 0. The summed E-state index contributed by atoms with van der Waals surface area (Å²) in [7, 11) is 0. The van der Waals surface area contributed by atoms with Gasteiger partial charge in [-0.25, -0.2) is 0 Å². The maximum Gasteiger partial charge on any atom is 0.252 e. The molecule has 2 N–H and O–H groups in total. The number of carbonyl (C=O) groups is 2. The van der Waals surface area contributed by atoms with Crippen LogP contribution in [0.3, 0.4) is 0 Å². The Hall–Kier alpha value is -3.76. The zero-order valence-corrected chi connectivity index (χ0v) is 18.2. The molecule has 3 rings (SSSR count). The zero-order chi connectivity index (χ0) is 22.6. The normalized spacial score (nSPS) is 11.1. The number of para-hydroxylation sites is 1. The summed E-state index contributed by atoms with van der Waals surface area (Å²) < 4.78 is 5.79. The van der Waals surface area contributed by atoms with Crippen molar-refractivity contribution in [3.63, 3.8) is 0 Å². The van der Waals surface area contributed by atoms with Crippen molar-refractivity contribution in [1.29, 1.82) is 5.26 Å². The number of benzene rings is 3. The second-order valence-corrected chi connectivity index (χ2v) is 7.88. The van der Waals surface area contributed by atoms with Gasteiger partial charge in [-0.2, -0.15) is 17.0 Å². The van der Waals surface area contributed by atoms with Crippen molar-refractivity contribution in [2.24, 2.45) is 0 Å². The molecule has 0 unspecified atom stereocenters. The van der Waals surface area contributed by atoms with E-state index in [4.69, 9.17) is 10.00 Å². The summed E-state index contributed by atoms with van der Waals surface area (Å²) in [5, 5.41) is 14.1. The fourth-order valence-corrected chi connectivity index (χ4v) is 3.89. The van der Waals surface area contributed by atoms with E-state index in [1.54, 1.807) is 24.3 Å². The summed E-state index contributed by atoms with van der Waals surface area (Å²) >= 11 is 1.54. The van der Waals surface area contributed by atoms with Crippen LogP contribution in [0, 0.1) is 11.3 Å². The lowest BCUT2D eigenvalue weighted by Crippen LogP contribution is -2.48. The van der Waals surface area contributed by atoms with E-state index in [1.165, 1.54) is 11.8 Å². The molecule has 0 aromatic heterocycles. The lowest BCUT2D eigenvalue weighted by Gasteiger charge is -2.18.